The number of likely N-dealkylation sites (N-methyl/N-ethyl adjacent to an activating group) is 1. The molecular formula is C16H22F2N4O4. The van der Waals surface area contributed by atoms with E-state index < -0.39 is 18.6 Å². The lowest BCUT2D eigenvalue weighted by atomic mass is 10.2. The first-order valence-corrected chi connectivity index (χ1v) is 8.17. The molecule has 26 heavy (non-hydrogen) atoms. The summed E-state index contributed by atoms with van der Waals surface area (Å²) in [6.45, 7) is -0.135. The van der Waals surface area contributed by atoms with Crippen molar-refractivity contribution in [2.45, 2.75) is 19.6 Å². The molecule has 0 aromatic heterocycles. The van der Waals surface area contributed by atoms with Crippen molar-refractivity contribution in [3.05, 3.63) is 18.2 Å². The van der Waals surface area contributed by atoms with Crippen LogP contribution in [0.25, 0.3) is 0 Å². The smallest absolute Gasteiger partial charge is 0.387 e. The molecule has 1 fully saturated rings. The third-order valence-corrected chi connectivity index (χ3v) is 3.74. The van der Waals surface area contributed by atoms with E-state index in [9.17, 15) is 18.4 Å². The molecule has 1 aliphatic rings. The molecule has 0 radical (unpaired) electrons. The third kappa shape index (κ3) is 5.10. The number of nitrogens with zero attached hydrogens (tertiary/aromatic N) is 1. The first kappa shape index (κ1) is 20.0. The van der Waals surface area contributed by atoms with Crippen LogP contribution in [0.15, 0.2) is 18.2 Å². The summed E-state index contributed by atoms with van der Waals surface area (Å²) in [7, 11) is 0. The van der Waals surface area contributed by atoms with Crippen molar-refractivity contribution in [1.82, 2.24) is 5.32 Å². The predicted octanol–water partition coefficient (Wildman–Crippen LogP) is 0.526. The molecule has 0 spiro atoms. The Morgan fingerprint density at radius 1 is 1.46 bits per heavy atom. The van der Waals surface area contributed by atoms with E-state index in [4.69, 9.17) is 10.5 Å². The number of halogens is 2. The summed E-state index contributed by atoms with van der Waals surface area (Å²) in [4.78, 5) is 25.6. The lowest BCUT2D eigenvalue weighted by Gasteiger charge is -2.27. The Kier molecular flexibility index (Phi) is 7.25. The Morgan fingerprint density at radius 2 is 2.23 bits per heavy atom. The number of benzene rings is 1. The van der Waals surface area contributed by atoms with Gasteiger partial charge in [0.15, 0.2) is 5.75 Å². The molecule has 8 nitrogen and oxygen atoms in total. The van der Waals surface area contributed by atoms with Crippen LogP contribution < -0.4 is 26.0 Å². The zero-order valence-electron chi connectivity index (χ0n) is 14.3. The lowest BCUT2D eigenvalue weighted by molar-refractivity contribution is -0.125. The van der Waals surface area contributed by atoms with Gasteiger partial charge in [-0.1, -0.05) is 6.92 Å². The number of nitrogens with two attached hydrogens (primary N) is 1. The van der Waals surface area contributed by atoms with E-state index in [2.05, 4.69) is 15.4 Å². The van der Waals surface area contributed by atoms with E-state index in [1.807, 2.05) is 6.92 Å². The molecule has 10 heteroatoms. The molecule has 0 aliphatic carbocycles. The number of anilines is 2. The summed E-state index contributed by atoms with van der Waals surface area (Å²) >= 11 is 0. The van der Waals surface area contributed by atoms with Crippen molar-refractivity contribution >= 4 is 23.2 Å². The lowest BCUT2D eigenvalue weighted by Crippen LogP contribution is -2.45. The summed E-state index contributed by atoms with van der Waals surface area (Å²) in [6.07, 6.45) is 0. The normalized spacial score (nSPS) is 15.9. The summed E-state index contributed by atoms with van der Waals surface area (Å²) in [5, 5.41) is 5.41. The second-order valence-electron chi connectivity index (χ2n) is 5.49. The number of rotatable bonds is 8. The minimum Gasteiger partial charge on any atom is -0.433 e. The molecule has 1 saturated heterocycles. The number of carbonyl (C=O) groups is 2. The average Bonchev–Trinajstić information content (AvgIpc) is 2.61. The summed E-state index contributed by atoms with van der Waals surface area (Å²) < 4.78 is 35.1. The van der Waals surface area contributed by atoms with Gasteiger partial charge < -0.3 is 30.7 Å². The van der Waals surface area contributed by atoms with Crippen LogP contribution in [0.2, 0.25) is 0 Å². The maximum absolute atomic E-state index is 12.8. The minimum absolute atomic E-state index is 0.0467. The summed E-state index contributed by atoms with van der Waals surface area (Å²) in [5.41, 5.74) is 5.99. The van der Waals surface area contributed by atoms with Crippen LogP contribution in [0, 0.1) is 0 Å². The molecule has 2 rings (SSSR count). The second-order valence-corrected chi connectivity index (χ2v) is 5.49. The zero-order chi connectivity index (χ0) is 19.1. The Hall–Kier alpha value is -2.30. The summed E-state index contributed by atoms with van der Waals surface area (Å²) in [6, 6.07) is 3.57. The molecule has 1 aliphatic heterocycles. The molecule has 0 bridgehead atoms. The van der Waals surface area contributed by atoms with Crippen LogP contribution in [0.5, 0.6) is 5.75 Å². The largest absolute Gasteiger partial charge is 0.433 e. The molecule has 1 atom stereocenters. The highest BCUT2D eigenvalue weighted by Crippen LogP contribution is 2.32. The van der Waals surface area contributed by atoms with Crippen LogP contribution in [-0.2, 0) is 14.3 Å². The molecule has 1 heterocycles. The highest BCUT2D eigenvalue weighted by molar-refractivity contribution is 5.98. The van der Waals surface area contributed by atoms with Gasteiger partial charge in [-0.2, -0.15) is 8.78 Å². The molecule has 2 amide bonds. The van der Waals surface area contributed by atoms with Gasteiger partial charge in [0.1, 0.15) is 6.61 Å². The molecule has 1 aromatic rings. The third-order valence-electron chi connectivity index (χ3n) is 3.74. The van der Waals surface area contributed by atoms with E-state index in [0.717, 1.165) is 0 Å². The van der Waals surface area contributed by atoms with Crippen molar-refractivity contribution in [2.24, 2.45) is 5.73 Å². The fourth-order valence-electron chi connectivity index (χ4n) is 2.52. The van der Waals surface area contributed by atoms with Crippen molar-refractivity contribution in [3.63, 3.8) is 0 Å². The quantitative estimate of drug-likeness (QED) is 0.615. The van der Waals surface area contributed by atoms with Gasteiger partial charge in [0.2, 0.25) is 5.91 Å². The number of morpholine rings is 1. The number of carbonyl (C=O) groups excluding carboxylic acids is 2. The maximum Gasteiger partial charge on any atom is 0.387 e. The minimum atomic E-state index is -3.08. The molecular weight excluding hydrogens is 350 g/mol. The number of nitrogens with one attached hydrogen (secondary N) is 2. The van der Waals surface area contributed by atoms with Gasteiger partial charge in [0, 0.05) is 24.8 Å². The van der Waals surface area contributed by atoms with Crippen LogP contribution in [0.4, 0.5) is 20.2 Å². The predicted molar refractivity (Wildman–Crippen MR) is 91.4 cm³/mol. The fourth-order valence-corrected chi connectivity index (χ4v) is 2.52. The Labute approximate surface area is 149 Å². The van der Waals surface area contributed by atoms with E-state index in [1.165, 1.54) is 17.0 Å². The zero-order valence-corrected chi connectivity index (χ0v) is 14.3. The van der Waals surface area contributed by atoms with Gasteiger partial charge in [-0.05, 0) is 18.7 Å². The Bertz CT molecular complexity index is 645. The van der Waals surface area contributed by atoms with Crippen LogP contribution in [0.3, 0.4) is 0 Å². The van der Waals surface area contributed by atoms with E-state index in [-0.39, 0.29) is 30.5 Å². The second kappa shape index (κ2) is 9.41. The molecule has 0 unspecified atom stereocenters. The van der Waals surface area contributed by atoms with E-state index >= 15 is 0 Å². The van der Waals surface area contributed by atoms with Gasteiger partial charge in [0.05, 0.1) is 18.3 Å². The number of amides is 2. The van der Waals surface area contributed by atoms with Crippen LogP contribution in [-0.4, -0.2) is 57.3 Å². The fraction of sp³-hybridized carbons (Fsp3) is 0.500. The first-order valence-electron chi connectivity index (χ1n) is 8.17. The highest BCUT2D eigenvalue weighted by Gasteiger charge is 2.23. The first-order chi connectivity index (χ1) is 12.5. The number of hydrogen-bond acceptors (Lipinski definition) is 6. The number of alkyl halides is 2. The Balaban J connectivity index is 2.25. The van der Waals surface area contributed by atoms with Gasteiger partial charge in [-0.3, -0.25) is 9.59 Å². The van der Waals surface area contributed by atoms with Gasteiger partial charge in [0.25, 0.3) is 5.91 Å². The SMILES string of the molecule is CCN[C@H](CN)C(=O)Nc1ccc(N2CCOCC2=O)cc1OC(F)F. The topological polar surface area (TPSA) is 106 Å². The monoisotopic (exact) mass is 372 g/mol. The van der Waals surface area contributed by atoms with Crippen molar-refractivity contribution in [2.75, 3.05) is 43.1 Å². The van der Waals surface area contributed by atoms with Gasteiger partial charge in [-0.25, -0.2) is 0 Å². The van der Waals surface area contributed by atoms with Gasteiger partial charge in [-0.15, -0.1) is 0 Å². The Morgan fingerprint density at radius 3 is 2.85 bits per heavy atom. The summed E-state index contributed by atoms with van der Waals surface area (Å²) in [5.74, 6) is -0.993. The standard InChI is InChI=1S/C16H22F2N4O4/c1-2-20-12(8-19)15(24)21-11-4-3-10(7-13(11)26-16(17)18)22-5-6-25-9-14(22)23/h3-4,7,12,16,20H,2,5-6,8-9,19H2,1H3,(H,21,24)/t12-/m1/s1. The molecule has 1 aromatic carbocycles. The molecule has 144 valence electrons. The molecule has 4 N–H and O–H groups in total. The number of ether oxygens (including phenoxy) is 2. The van der Waals surface area contributed by atoms with Crippen molar-refractivity contribution in [3.8, 4) is 5.75 Å². The number of hydrogen-bond donors (Lipinski definition) is 3. The maximum atomic E-state index is 12.8. The van der Waals surface area contributed by atoms with E-state index in [1.54, 1.807) is 6.07 Å². The van der Waals surface area contributed by atoms with Gasteiger partial charge >= 0.3 is 6.61 Å². The van der Waals surface area contributed by atoms with Crippen LogP contribution >= 0.6 is 0 Å². The molecule has 0 saturated carbocycles. The van der Waals surface area contributed by atoms with Crippen LogP contribution in [0.1, 0.15) is 6.92 Å². The van der Waals surface area contributed by atoms with Crippen molar-refractivity contribution in [1.29, 1.82) is 0 Å². The average molecular weight is 372 g/mol. The highest BCUT2D eigenvalue weighted by atomic mass is 19.3. The van der Waals surface area contributed by atoms with Crippen molar-refractivity contribution < 1.29 is 27.8 Å². The van der Waals surface area contributed by atoms with E-state index in [0.29, 0.717) is 25.4 Å².